The zero-order chi connectivity index (χ0) is 18.9. The van der Waals surface area contributed by atoms with E-state index >= 15 is 0 Å². The third-order valence-corrected chi connectivity index (χ3v) is 4.88. The first-order valence-corrected chi connectivity index (χ1v) is 9.64. The van der Waals surface area contributed by atoms with Crippen LogP contribution in [0.3, 0.4) is 0 Å². The van der Waals surface area contributed by atoms with Gasteiger partial charge in [-0.05, 0) is 36.5 Å². The molecule has 2 nitrogen and oxygen atoms in total. The minimum absolute atomic E-state index is 0.0875. The average molecular weight is 357 g/mol. The zero-order valence-corrected chi connectivity index (χ0v) is 15.9. The molecule has 0 unspecified atom stereocenters. The Morgan fingerprint density at radius 2 is 1.37 bits per heavy atom. The van der Waals surface area contributed by atoms with Gasteiger partial charge in [0.25, 0.3) is 0 Å². The number of nitrogens with one attached hydrogen (secondary N) is 1. The number of aryl methyl sites for hydroxylation is 2. The van der Waals surface area contributed by atoms with E-state index in [1.807, 2.05) is 36.4 Å². The monoisotopic (exact) mass is 357 g/mol. The fourth-order valence-corrected chi connectivity index (χ4v) is 3.33. The Morgan fingerprint density at radius 1 is 0.815 bits per heavy atom. The summed E-state index contributed by atoms with van der Waals surface area (Å²) in [6, 6.07) is 29.2. The molecule has 0 heterocycles. The molecule has 138 valence electrons. The number of carbonyl (C=O) groups is 1. The van der Waals surface area contributed by atoms with Gasteiger partial charge in [0.15, 0.2) is 0 Å². The van der Waals surface area contributed by atoms with Gasteiger partial charge >= 0.3 is 0 Å². The molecule has 0 aromatic heterocycles. The molecule has 3 rings (SSSR count). The van der Waals surface area contributed by atoms with Crippen LogP contribution in [0.25, 0.3) is 0 Å². The third kappa shape index (κ3) is 5.82. The van der Waals surface area contributed by atoms with Crippen LogP contribution in [-0.2, 0) is 11.2 Å². The lowest BCUT2D eigenvalue weighted by atomic mass is 9.88. The first-order chi connectivity index (χ1) is 13.2. The second kappa shape index (κ2) is 9.72. The molecule has 0 aliphatic heterocycles. The van der Waals surface area contributed by atoms with E-state index in [-0.39, 0.29) is 11.8 Å². The molecule has 27 heavy (non-hydrogen) atoms. The molecule has 3 aromatic carbocycles. The molecule has 3 aromatic rings. The summed E-state index contributed by atoms with van der Waals surface area (Å²) in [4.78, 5) is 12.5. The van der Waals surface area contributed by atoms with E-state index in [4.69, 9.17) is 0 Å². The van der Waals surface area contributed by atoms with Gasteiger partial charge in [-0.2, -0.15) is 0 Å². The lowest BCUT2D eigenvalue weighted by molar-refractivity contribution is -0.121. The quantitative estimate of drug-likeness (QED) is 0.547. The van der Waals surface area contributed by atoms with Crippen LogP contribution in [0.5, 0.6) is 0 Å². The Kier molecular flexibility index (Phi) is 6.81. The lowest BCUT2D eigenvalue weighted by Gasteiger charge is -2.18. The van der Waals surface area contributed by atoms with E-state index < -0.39 is 0 Å². The minimum Gasteiger partial charge on any atom is -0.356 e. The first-order valence-electron chi connectivity index (χ1n) is 9.64. The maximum atomic E-state index is 12.5. The van der Waals surface area contributed by atoms with Crippen molar-refractivity contribution < 1.29 is 4.79 Å². The highest BCUT2D eigenvalue weighted by Gasteiger charge is 2.17. The van der Waals surface area contributed by atoms with Crippen LogP contribution in [0, 0.1) is 6.92 Å². The molecule has 0 fully saturated rings. The highest BCUT2D eigenvalue weighted by Crippen LogP contribution is 2.27. The molecule has 2 heteroatoms. The SMILES string of the molecule is Cc1ccc(CCCNC(=O)CC(c2ccccc2)c2ccccc2)cc1. The first kappa shape index (κ1) is 18.9. The van der Waals surface area contributed by atoms with Crippen molar-refractivity contribution in [1.29, 1.82) is 0 Å². The van der Waals surface area contributed by atoms with Crippen LogP contribution in [0.4, 0.5) is 0 Å². The normalized spacial score (nSPS) is 10.7. The van der Waals surface area contributed by atoms with Gasteiger partial charge in [0.05, 0.1) is 0 Å². The van der Waals surface area contributed by atoms with Gasteiger partial charge in [0.2, 0.25) is 5.91 Å². The summed E-state index contributed by atoms with van der Waals surface area (Å²) in [5.41, 5.74) is 4.96. The summed E-state index contributed by atoms with van der Waals surface area (Å²) in [5, 5.41) is 3.10. The van der Waals surface area contributed by atoms with Crippen molar-refractivity contribution in [3.63, 3.8) is 0 Å². The minimum atomic E-state index is 0.0875. The van der Waals surface area contributed by atoms with Crippen molar-refractivity contribution in [3.8, 4) is 0 Å². The zero-order valence-electron chi connectivity index (χ0n) is 15.9. The van der Waals surface area contributed by atoms with Crippen LogP contribution >= 0.6 is 0 Å². The van der Waals surface area contributed by atoms with Crippen LogP contribution in [0.2, 0.25) is 0 Å². The molecule has 0 spiro atoms. The maximum absolute atomic E-state index is 12.5. The summed E-state index contributed by atoms with van der Waals surface area (Å²) < 4.78 is 0. The maximum Gasteiger partial charge on any atom is 0.220 e. The van der Waals surface area contributed by atoms with Crippen LogP contribution in [0.15, 0.2) is 84.9 Å². The molecule has 0 saturated heterocycles. The van der Waals surface area contributed by atoms with E-state index in [0.29, 0.717) is 13.0 Å². The smallest absolute Gasteiger partial charge is 0.220 e. The van der Waals surface area contributed by atoms with Crippen LogP contribution in [-0.4, -0.2) is 12.5 Å². The highest BCUT2D eigenvalue weighted by molar-refractivity contribution is 5.77. The summed E-state index contributed by atoms with van der Waals surface area (Å²) in [7, 11) is 0. The summed E-state index contributed by atoms with van der Waals surface area (Å²) in [6.07, 6.45) is 2.41. The van der Waals surface area contributed by atoms with Crippen LogP contribution < -0.4 is 5.32 Å². The lowest BCUT2D eigenvalue weighted by Crippen LogP contribution is -2.26. The Balaban J connectivity index is 1.54. The van der Waals surface area contributed by atoms with Crippen LogP contribution in [0.1, 0.15) is 41.0 Å². The summed E-state index contributed by atoms with van der Waals surface area (Å²) in [5.74, 6) is 0.195. The van der Waals surface area contributed by atoms with E-state index in [9.17, 15) is 4.79 Å². The number of benzene rings is 3. The Labute approximate surface area is 162 Å². The number of hydrogen-bond acceptors (Lipinski definition) is 1. The van der Waals surface area contributed by atoms with Gasteiger partial charge in [-0.3, -0.25) is 4.79 Å². The predicted molar refractivity (Wildman–Crippen MR) is 112 cm³/mol. The van der Waals surface area contributed by atoms with Gasteiger partial charge in [-0.25, -0.2) is 0 Å². The molecule has 0 saturated carbocycles. The van der Waals surface area contributed by atoms with E-state index in [1.54, 1.807) is 0 Å². The van der Waals surface area contributed by atoms with Crippen molar-refractivity contribution >= 4 is 5.91 Å². The number of amides is 1. The predicted octanol–water partition coefficient (Wildman–Crippen LogP) is 5.27. The Bertz CT molecular complexity index is 786. The Morgan fingerprint density at radius 3 is 1.93 bits per heavy atom. The molecule has 0 aliphatic rings. The summed E-state index contributed by atoms with van der Waals surface area (Å²) in [6.45, 7) is 2.81. The topological polar surface area (TPSA) is 29.1 Å². The molecule has 1 N–H and O–H groups in total. The Hall–Kier alpha value is -2.87. The number of hydrogen-bond donors (Lipinski definition) is 1. The summed E-state index contributed by atoms with van der Waals surface area (Å²) >= 11 is 0. The second-order valence-corrected chi connectivity index (χ2v) is 7.02. The van der Waals surface area contributed by atoms with Gasteiger partial charge in [-0.15, -0.1) is 0 Å². The molecular weight excluding hydrogens is 330 g/mol. The van der Waals surface area contributed by atoms with Gasteiger partial charge in [0, 0.05) is 18.9 Å². The molecule has 0 atom stereocenters. The van der Waals surface area contributed by atoms with Crippen molar-refractivity contribution in [1.82, 2.24) is 5.32 Å². The molecular formula is C25H27NO. The van der Waals surface area contributed by atoms with Gasteiger partial charge in [0.1, 0.15) is 0 Å². The van der Waals surface area contributed by atoms with Crippen molar-refractivity contribution in [3.05, 3.63) is 107 Å². The van der Waals surface area contributed by atoms with E-state index in [1.165, 1.54) is 22.3 Å². The second-order valence-electron chi connectivity index (χ2n) is 7.02. The molecule has 0 radical (unpaired) electrons. The highest BCUT2D eigenvalue weighted by atomic mass is 16.1. The van der Waals surface area contributed by atoms with Crippen molar-refractivity contribution in [2.45, 2.75) is 32.1 Å². The number of rotatable bonds is 8. The van der Waals surface area contributed by atoms with E-state index in [2.05, 4.69) is 60.8 Å². The number of carbonyl (C=O) groups excluding carboxylic acids is 1. The molecule has 0 bridgehead atoms. The fraction of sp³-hybridized carbons (Fsp3) is 0.240. The molecule has 1 amide bonds. The van der Waals surface area contributed by atoms with Gasteiger partial charge in [-0.1, -0.05) is 90.5 Å². The fourth-order valence-electron chi connectivity index (χ4n) is 3.33. The van der Waals surface area contributed by atoms with E-state index in [0.717, 1.165) is 12.8 Å². The largest absolute Gasteiger partial charge is 0.356 e. The standard InChI is InChI=1S/C25H27NO/c1-20-14-16-21(17-15-20)9-8-18-26-25(27)19-24(22-10-4-2-5-11-22)23-12-6-3-7-13-23/h2-7,10-17,24H,8-9,18-19H2,1H3,(H,26,27). The van der Waals surface area contributed by atoms with Crippen molar-refractivity contribution in [2.75, 3.05) is 6.54 Å². The third-order valence-electron chi connectivity index (χ3n) is 4.88. The average Bonchev–Trinajstić information content (AvgIpc) is 2.72. The van der Waals surface area contributed by atoms with Crippen molar-refractivity contribution in [2.24, 2.45) is 0 Å². The molecule has 0 aliphatic carbocycles. The van der Waals surface area contributed by atoms with Gasteiger partial charge < -0.3 is 5.32 Å².